The molecule has 1 N–H and O–H groups in total. The topological polar surface area (TPSA) is 46.2 Å². The first-order valence-corrected chi connectivity index (χ1v) is 7.93. The lowest BCUT2D eigenvalue weighted by Gasteiger charge is -2.08. The second-order valence-electron chi connectivity index (χ2n) is 4.76. The minimum Gasteiger partial charge on any atom is -0.211 e. The van der Waals surface area contributed by atoms with Crippen LogP contribution in [-0.2, 0) is 10.0 Å². The second kappa shape index (κ2) is 4.71. The lowest BCUT2D eigenvalue weighted by atomic mass is 10.2. The maximum Gasteiger partial charge on any atom is 0.241 e. The molecule has 1 aromatic rings. The van der Waals surface area contributed by atoms with Crippen molar-refractivity contribution in [1.29, 1.82) is 0 Å². The van der Waals surface area contributed by atoms with E-state index in [0.717, 1.165) is 12.0 Å². The van der Waals surface area contributed by atoms with Gasteiger partial charge in [-0.25, -0.2) is 13.1 Å². The zero-order valence-corrected chi connectivity index (χ0v) is 12.3. The lowest BCUT2D eigenvalue weighted by Crippen LogP contribution is -2.26. The molecular weight excluding hydrogens is 302 g/mol. The number of nitrogens with one attached hydrogen (secondary N) is 1. The van der Waals surface area contributed by atoms with E-state index in [2.05, 4.69) is 27.6 Å². The molecule has 1 aliphatic carbocycles. The van der Waals surface area contributed by atoms with Crippen molar-refractivity contribution in [1.82, 2.24) is 4.72 Å². The quantitative estimate of drug-likeness (QED) is 0.928. The van der Waals surface area contributed by atoms with Crippen LogP contribution in [0.25, 0.3) is 0 Å². The molecule has 0 saturated heterocycles. The summed E-state index contributed by atoms with van der Waals surface area (Å²) in [7, 11) is -3.38. The lowest BCUT2D eigenvalue weighted by molar-refractivity contribution is 0.574. The van der Waals surface area contributed by atoms with Crippen LogP contribution in [0, 0.1) is 18.8 Å². The van der Waals surface area contributed by atoms with Crippen LogP contribution in [0.1, 0.15) is 18.9 Å². The van der Waals surface area contributed by atoms with Gasteiger partial charge in [0.15, 0.2) is 0 Å². The van der Waals surface area contributed by atoms with Crippen molar-refractivity contribution < 1.29 is 8.42 Å². The van der Waals surface area contributed by atoms with Crippen LogP contribution in [0.2, 0.25) is 0 Å². The van der Waals surface area contributed by atoms with Crippen LogP contribution in [0.5, 0.6) is 0 Å². The number of hydrogen-bond donors (Lipinski definition) is 1. The Morgan fingerprint density at radius 3 is 2.65 bits per heavy atom. The minimum absolute atomic E-state index is 0.316. The average molecular weight is 318 g/mol. The molecule has 3 nitrogen and oxygen atoms in total. The molecule has 0 aliphatic heterocycles. The SMILES string of the molecule is Cc1ccc(S(=O)(=O)NCC2CC2C)c(Br)c1. The van der Waals surface area contributed by atoms with Gasteiger partial charge in [-0.05, 0) is 58.8 Å². The highest BCUT2D eigenvalue weighted by molar-refractivity contribution is 9.10. The van der Waals surface area contributed by atoms with Gasteiger partial charge in [0.1, 0.15) is 0 Å². The number of rotatable bonds is 4. The fourth-order valence-corrected chi connectivity index (χ4v) is 4.09. The third kappa shape index (κ3) is 3.09. The fourth-order valence-electron chi connectivity index (χ4n) is 1.80. The molecule has 17 heavy (non-hydrogen) atoms. The van der Waals surface area contributed by atoms with E-state index in [1.165, 1.54) is 0 Å². The molecule has 1 aliphatic rings. The van der Waals surface area contributed by atoms with Crippen molar-refractivity contribution in [2.24, 2.45) is 11.8 Å². The molecule has 5 heteroatoms. The van der Waals surface area contributed by atoms with E-state index < -0.39 is 10.0 Å². The smallest absolute Gasteiger partial charge is 0.211 e. The van der Waals surface area contributed by atoms with E-state index in [-0.39, 0.29) is 0 Å². The van der Waals surface area contributed by atoms with Gasteiger partial charge in [0, 0.05) is 11.0 Å². The first-order valence-electron chi connectivity index (χ1n) is 5.66. The molecule has 2 atom stereocenters. The molecule has 0 amide bonds. The Labute approximate surface area is 111 Å². The normalized spacial score (nSPS) is 23.7. The van der Waals surface area contributed by atoms with Crippen molar-refractivity contribution in [3.8, 4) is 0 Å². The van der Waals surface area contributed by atoms with Crippen molar-refractivity contribution >= 4 is 26.0 Å². The van der Waals surface area contributed by atoms with Gasteiger partial charge in [-0.3, -0.25) is 0 Å². The number of sulfonamides is 1. The Kier molecular flexibility index (Phi) is 3.61. The Morgan fingerprint density at radius 2 is 2.12 bits per heavy atom. The van der Waals surface area contributed by atoms with Crippen molar-refractivity contribution in [3.05, 3.63) is 28.2 Å². The number of benzene rings is 1. The second-order valence-corrected chi connectivity index (χ2v) is 7.35. The van der Waals surface area contributed by atoms with E-state index in [1.807, 2.05) is 13.0 Å². The number of aryl methyl sites for hydroxylation is 1. The molecule has 0 aromatic heterocycles. The maximum absolute atomic E-state index is 12.1. The Hall–Kier alpha value is -0.390. The Bertz CT molecular complexity index is 527. The van der Waals surface area contributed by atoms with E-state index in [0.29, 0.717) is 27.7 Å². The zero-order chi connectivity index (χ0) is 12.6. The number of halogens is 1. The van der Waals surface area contributed by atoms with Crippen molar-refractivity contribution in [2.45, 2.75) is 25.2 Å². The highest BCUT2D eigenvalue weighted by Gasteiger charge is 2.33. The predicted molar refractivity (Wildman–Crippen MR) is 71.3 cm³/mol. The van der Waals surface area contributed by atoms with Gasteiger partial charge in [-0.2, -0.15) is 0 Å². The minimum atomic E-state index is -3.38. The summed E-state index contributed by atoms with van der Waals surface area (Å²) in [5.74, 6) is 1.16. The highest BCUT2D eigenvalue weighted by atomic mass is 79.9. The van der Waals surface area contributed by atoms with Gasteiger partial charge in [0.25, 0.3) is 0 Å². The van der Waals surface area contributed by atoms with Gasteiger partial charge >= 0.3 is 0 Å². The van der Waals surface area contributed by atoms with Gasteiger partial charge in [0.2, 0.25) is 10.0 Å². The molecule has 1 saturated carbocycles. The van der Waals surface area contributed by atoms with Gasteiger partial charge < -0.3 is 0 Å². The van der Waals surface area contributed by atoms with Crippen molar-refractivity contribution in [3.63, 3.8) is 0 Å². The van der Waals surface area contributed by atoms with Crippen LogP contribution in [0.4, 0.5) is 0 Å². The molecule has 0 spiro atoms. The Balaban J connectivity index is 2.13. The van der Waals surface area contributed by atoms with Crippen LogP contribution >= 0.6 is 15.9 Å². The van der Waals surface area contributed by atoms with E-state index in [1.54, 1.807) is 12.1 Å². The zero-order valence-electron chi connectivity index (χ0n) is 9.90. The molecular formula is C12H16BrNO2S. The third-order valence-corrected chi connectivity index (χ3v) is 5.59. The van der Waals surface area contributed by atoms with Crippen LogP contribution in [-0.4, -0.2) is 15.0 Å². The van der Waals surface area contributed by atoms with Crippen LogP contribution < -0.4 is 4.72 Å². The average Bonchev–Trinajstić information content (AvgIpc) is 2.91. The van der Waals surface area contributed by atoms with Crippen LogP contribution in [0.15, 0.2) is 27.6 Å². The summed E-state index contributed by atoms with van der Waals surface area (Å²) in [6, 6.07) is 5.26. The number of hydrogen-bond acceptors (Lipinski definition) is 2. The molecule has 0 heterocycles. The maximum atomic E-state index is 12.1. The van der Waals surface area contributed by atoms with Gasteiger partial charge in [-0.15, -0.1) is 0 Å². The molecule has 1 fully saturated rings. The van der Waals surface area contributed by atoms with E-state index in [9.17, 15) is 8.42 Å². The summed E-state index contributed by atoms with van der Waals surface area (Å²) >= 11 is 3.30. The summed E-state index contributed by atoms with van der Waals surface area (Å²) in [6.07, 6.45) is 1.12. The highest BCUT2D eigenvalue weighted by Crippen LogP contribution is 2.37. The summed E-state index contributed by atoms with van der Waals surface area (Å²) < 4.78 is 27.4. The molecule has 2 rings (SSSR count). The molecule has 94 valence electrons. The van der Waals surface area contributed by atoms with E-state index >= 15 is 0 Å². The van der Waals surface area contributed by atoms with Crippen molar-refractivity contribution in [2.75, 3.05) is 6.54 Å². The summed E-state index contributed by atoms with van der Waals surface area (Å²) in [4.78, 5) is 0.316. The third-order valence-electron chi connectivity index (χ3n) is 3.19. The summed E-state index contributed by atoms with van der Waals surface area (Å²) in [5, 5.41) is 0. The molecule has 0 radical (unpaired) electrons. The molecule has 1 aromatic carbocycles. The summed E-state index contributed by atoms with van der Waals surface area (Å²) in [6.45, 7) is 4.62. The fraction of sp³-hybridized carbons (Fsp3) is 0.500. The first kappa shape index (κ1) is 13.1. The van der Waals surface area contributed by atoms with Gasteiger partial charge in [0.05, 0.1) is 4.90 Å². The largest absolute Gasteiger partial charge is 0.241 e. The molecule has 2 unspecified atom stereocenters. The van der Waals surface area contributed by atoms with Gasteiger partial charge in [-0.1, -0.05) is 13.0 Å². The summed E-state index contributed by atoms with van der Waals surface area (Å²) in [5.41, 5.74) is 1.03. The Morgan fingerprint density at radius 1 is 1.47 bits per heavy atom. The monoisotopic (exact) mass is 317 g/mol. The first-order chi connectivity index (χ1) is 7.90. The van der Waals surface area contributed by atoms with Crippen LogP contribution in [0.3, 0.4) is 0 Å². The van der Waals surface area contributed by atoms with E-state index in [4.69, 9.17) is 0 Å². The standard InChI is InChI=1S/C12H16BrNO2S/c1-8-3-4-12(11(13)5-8)17(15,16)14-7-10-6-9(10)2/h3-5,9-10,14H,6-7H2,1-2H3. The predicted octanol–water partition coefficient (Wildman–Crippen LogP) is 2.69. The molecule has 0 bridgehead atoms.